The van der Waals surface area contributed by atoms with Crippen LogP contribution >= 0.6 is 0 Å². The fourth-order valence-corrected chi connectivity index (χ4v) is 1.58. The van der Waals surface area contributed by atoms with Crippen molar-refractivity contribution in [2.75, 3.05) is 7.11 Å². The Bertz CT molecular complexity index is 635. The highest BCUT2D eigenvalue weighted by Gasteiger charge is 2.03. The predicted molar refractivity (Wildman–Crippen MR) is 79.9 cm³/mol. The molecule has 1 amide bonds. The van der Waals surface area contributed by atoms with E-state index < -0.39 is 5.91 Å². The third kappa shape index (κ3) is 3.68. The van der Waals surface area contributed by atoms with Crippen LogP contribution in [0.25, 0.3) is 10.8 Å². The van der Waals surface area contributed by atoms with Gasteiger partial charge < -0.3 is 10.5 Å². The summed E-state index contributed by atoms with van der Waals surface area (Å²) in [4.78, 5) is 20.6. The van der Waals surface area contributed by atoms with Gasteiger partial charge in [0.2, 0.25) is 5.91 Å². The molecule has 0 saturated carbocycles. The number of hydrogen-bond acceptors (Lipinski definition) is 3. The van der Waals surface area contributed by atoms with Gasteiger partial charge in [-0.25, -0.2) is 0 Å². The Morgan fingerprint density at radius 1 is 1.20 bits per heavy atom. The number of benzene rings is 2. The molecule has 0 aliphatic heterocycles. The van der Waals surface area contributed by atoms with Crippen LogP contribution in [0.2, 0.25) is 0 Å². The van der Waals surface area contributed by atoms with Crippen molar-refractivity contribution in [1.29, 1.82) is 0 Å². The summed E-state index contributed by atoms with van der Waals surface area (Å²) in [6.45, 7) is 4.85. The number of carbonyl (C=O) groups is 2. The van der Waals surface area contributed by atoms with Crippen LogP contribution in [0.3, 0.4) is 0 Å². The minimum absolute atomic E-state index is 0.398. The fraction of sp³-hybridized carbons (Fsp3) is 0.125. The minimum Gasteiger partial charge on any atom is -0.496 e. The van der Waals surface area contributed by atoms with Gasteiger partial charge in [0.25, 0.3) is 0 Å². The number of carbonyl (C=O) groups excluding carboxylic acids is 2. The second-order valence-electron chi connectivity index (χ2n) is 4.17. The van der Waals surface area contributed by atoms with E-state index in [2.05, 4.69) is 6.58 Å². The number of hydrogen-bond donors (Lipinski definition) is 1. The first-order chi connectivity index (χ1) is 9.51. The summed E-state index contributed by atoms with van der Waals surface area (Å²) in [7, 11) is 1.63. The SMILES string of the molecule is C=C(C)C(N)=O.COc1ccc(C=O)c2ccccc12. The highest BCUT2D eigenvalue weighted by atomic mass is 16.5. The average molecular weight is 271 g/mol. The largest absolute Gasteiger partial charge is 0.496 e. The van der Waals surface area contributed by atoms with Crippen LogP contribution in [0, 0.1) is 0 Å². The lowest BCUT2D eigenvalue weighted by Gasteiger charge is -2.06. The lowest BCUT2D eigenvalue weighted by Crippen LogP contribution is -2.10. The Hall–Kier alpha value is -2.62. The Morgan fingerprint density at radius 2 is 1.75 bits per heavy atom. The van der Waals surface area contributed by atoms with E-state index >= 15 is 0 Å². The maximum Gasteiger partial charge on any atom is 0.243 e. The standard InChI is InChI=1S/C12H10O2.C4H7NO/c1-14-12-7-6-9(8-13)10-4-2-3-5-11(10)12;1-3(2)4(5)6/h2-8H,1H3;1H2,2H3,(H2,5,6). The number of amides is 1. The molecule has 2 aromatic carbocycles. The summed E-state index contributed by atoms with van der Waals surface area (Å²) in [5.74, 6) is 0.362. The summed E-state index contributed by atoms with van der Waals surface area (Å²) in [6, 6.07) is 11.3. The van der Waals surface area contributed by atoms with E-state index in [9.17, 15) is 9.59 Å². The molecule has 0 fully saturated rings. The molecule has 104 valence electrons. The molecule has 4 heteroatoms. The van der Waals surface area contributed by atoms with Crippen LogP contribution in [0.5, 0.6) is 5.75 Å². The Balaban J connectivity index is 0.000000286. The molecule has 4 nitrogen and oxygen atoms in total. The van der Waals surface area contributed by atoms with Crippen molar-refractivity contribution in [3.63, 3.8) is 0 Å². The topological polar surface area (TPSA) is 69.4 Å². The third-order valence-corrected chi connectivity index (χ3v) is 2.69. The van der Waals surface area contributed by atoms with Gasteiger partial charge in [0.05, 0.1) is 7.11 Å². The zero-order chi connectivity index (χ0) is 15.1. The Labute approximate surface area is 117 Å². The van der Waals surface area contributed by atoms with Crippen LogP contribution in [-0.4, -0.2) is 19.3 Å². The summed E-state index contributed by atoms with van der Waals surface area (Å²) in [5, 5.41) is 1.90. The fourth-order valence-electron chi connectivity index (χ4n) is 1.58. The molecule has 20 heavy (non-hydrogen) atoms. The van der Waals surface area contributed by atoms with Crippen molar-refractivity contribution < 1.29 is 14.3 Å². The molecule has 0 aromatic heterocycles. The van der Waals surface area contributed by atoms with Crippen molar-refractivity contribution in [3.8, 4) is 5.75 Å². The van der Waals surface area contributed by atoms with Gasteiger partial charge in [0.1, 0.15) is 5.75 Å². The van der Waals surface area contributed by atoms with Crippen LogP contribution in [0.1, 0.15) is 17.3 Å². The highest BCUT2D eigenvalue weighted by Crippen LogP contribution is 2.27. The molecule has 0 heterocycles. The molecule has 0 atom stereocenters. The van der Waals surface area contributed by atoms with Crippen molar-refractivity contribution in [2.45, 2.75) is 6.92 Å². The second kappa shape index (κ2) is 7.09. The van der Waals surface area contributed by atoms with Gasteiger partial charge in [-0.05, 0) is 24.4 Å². The molecular formula is C16H17NO3. The lowest BCUT2D eigenvalue weighted by molar-refractivity contribution is -0.114. The molecule has 0 saturated heterocycles. The molecule has 0 aliphatic rings. The highest BCUT2D eigenvalue weighted by molar-refractivity contribution is 6.00. The third-order valence-electron chi connectivity index (χ3n) is 2.69. The monoisotopic (exact) mass is 271 g/mol. The number of aldehydes is 1. The number of primary amides is 1. The van der Waals surface area contributed by atoms with Crippen molar-refractivity contribution in [3.05, 3.63) is 54.1 Å². The van der Waals surface area contributed by atoms with E-state index in [0.717, 1.165) is 22.8 Å². The van der Waals surface area contributed by atoms with Gasteiger partial charge in [-0.1, -0.05) is 30.8 Å². The van der Waals surface area contributed by atoms with Gasteiger partial charge in [-0.2, -0.15) is 0 Å². The van der Waals surface area contributed by atoms with Crippen molar-refractivity contribution in [1.82, 2.24) is 0 Å². The molecule has 2 N–H and O–H groups in total. The Morgan fingerprint density at radius 3 is 2.20 bits per heavy atom. The number of fused-ring (bicyclic) bond motifs is 1. The predicted octanol–water partition coefficient (Wildman–Crippen LogP) is 2.71. The lowest BCUT2D eigenvalue weighted by atomic mass is 10.0. The van der Waals surface area contributed by atoms with Gasteiger partial charge in [-0.15, -0.1) is 0 Å². The van der Waals surface area contributed by atoms with Crippen LogP contribution in [0.4, 0.5) is 0 Å². The van der Waals surface area contributed by atoms with Gasteiger partial charge in [0.15, 0.2) is 6.29 Å². The number of rotatable bonds is 3. The summed E-state index contributed by atoms with van der Waals surface area (Å²) < 4.78 is 5.21. The van der Waals surface area contributed by atoms with E-state index in [1.54, 1.807) is 20.1 Å². The molecule has 2 rings (SSSR count). The van der Waals surface area contributed by atoms with Gasteiger partial charge in [0, 0.05) is 16.5 Å². The first-order valence-electron chi connectivity index (χ1n) is 5.97. The summed E-state index contributed by atoms with van der Waals surface area (Å²) in [6.07, 6.45) is 0.863. The zero-order valence-electron chi connectivity index (χ0n) is 11.6. The summed E-state index contributed by atoms with van der Waals surface area (Å²) in [5.41, 5.74) is 5.79. The van der Waals surface area contributed by atoms with Gasteiger partial charge >= 0.3 is 0 Å². The van der Waals surface area contributed by atoms with Gasteiger partial charge in [-0.3, -0.25) is 9.59 Å². The minimum atomic E-state index is -0.435. The first-order valence-corrected chi connectivity index (χ1v) is 5.97. The summed E-state index contributed by atoms with van der Waals surface area (Å²) >= 11 is 0. The van der Waals surface area contributed by atoms with E-state index in [4.69, 9.17) is 10.5 Å². The van der Waals surface area contributed by atoms with Crippen LogP contribution in [0.15, 0.2) is 48.6 Å². The van der Waals surface area contributed by atoms with Crippen LogP contribution in [-0.2, 0) is 4.79 Å². The molecule has 0 unspecified atom stereocenters. The van der Waals surface area contributed by atoms with E-state index in [1.165, 1.54) is 0 Å². The molecule has 2 aromatic rings. The van der Waals surface area contributed by atoms with Crippen LogP contribution < -0.4 is 10.5 Å². The quantitative estimate of drug-likeness (QED) is 0.689. The second-order valence-corrected chi connectivity index (χ2v) is 4.17. The normalized spacial score (nSPS) is 9.30. The van der Waals surface area contributed by atoms with E-state index in [1.807, 2.05) is 30.3 Å². The molecule has 0 spiro atoms. The molecule has 0 radical (unpaired) electrons. The van der Waals surface area contributed by atoms with E-state index in [0.29, 0.717) is 11.1 Å². The van der Waals surface area contributed by atoms with Crippen molar-refractivity contribution in [2.24, 2.45) is 5.73 Å². The number of nitrogens with two attached hydrogens (primary N) is 1. The molecule has 0 bridgehead atoms. The average Bonchev–Trinajstić information content (AvgIpc) is 2.46. The Kier molecular flexibility index (Phi) is 5.47. The first kappa shape index (κ1) is 15.4. The number of ether oxygens (including phenoxy) is 1. The van der Waals surface area contributed by atoms with Crippen molar-refractivity contribution >= 4 is 23.0 Å². The maximum atomic E-state index is 10.8. The smallest absolute Gasteiger partial charge is 0.243 e. The zero-order valence-corrected chi connectivity index (χ0v) is 11.6. The number of methoxy groups -OCH3 is 1. The maximum absolute atomic E-state index is 10.8. The molecular weight excluding hydrogens is 254 g/mol. The van der Waals surface area contributed by atoms with E-state index in [-0.39, 0.29) is 0 Å². The molecule has 0 aliphatic carbocycles.